The van der Waals surface area contributed by atoms with Gasteiger partial charge in [-0.15, -0.1) is 10.2 Å². The predicted molar refractivity (Wildman–Crippen MR) is 62.1 cm³/mol. The van der Waals surface area contributed by atoms with Gasteiger partial charge in [0.05, 0.1) is 10.6 Å². The number of nitrogens with zero attached hydrogens (tertiary/aromatic N) is 4. The van der Waals surface area contributed by atoms with Crippen LogP contribution >= 0.6 is 11.6 Å². The molecule has 1 heterocycles. The lowest BCUT2D eigenvalue weighted by Gasteiger charge is -2.15. The van der Waals surface area contributed by atoms with Crippen molar-refractivity contribution in [1.29, 1.82) is 0 Å². The molecule has 0 unspecified atom stereocenters. The average molecular weight is 236 g/mol. The fraction of sp³-hybridized carbons (Fsp3) is 0.364. The molecule has 2 aromatic rings. The number of rotatable bonds is 1. The standard InChI is InChI=1S/C11H12ClN4/c1-11(2,3)16-14-10(13-15-16)8-6-4-5-7-9(8)12/h4-5,7H,1-3H3. The van der Waals surface area contributed by atoms with Crippen LogP contribution < -0.4 is 0 Å². The minimum atomic E-state index is -0.188. The lowest BCUT2D eigenvalue weighted by atomic mass is 10.1. The molecule has 0 amide bonds. The Morgan fingerprint density at radius 3 is 2.69 bits per heavy atom. The summed E-state index contributed by atoms with van der Waals surface area (Å²) in [4.78, 5) is 1.57. The Morgan fingerprint density at radius 2 is 2.12 bits per heavy atom. The van der Waals surface area contributed by atoms with Gasteiger partial charge in [0.1, 0.15) is 0 Å². The van der Waals surface area contributed by atoms with E-state index >= 15 is 0 Å². The Hall–Kier alpha value is -1.42. The number of benzene rings is 1. The van der Waals surface area contributed by atoms with E-state index in [1.54, 1.807) is 16.9 Å². The lowest BCUT2D eigenvalue weighted by molar-refractivity contribution is 0.306. The van der Waals surface area contributed by atoms with Crippen LogP contribution in [0.2, 0.25) is 5.02 Å². The first kappa shape index (κ1) is 11.1. The van der Waals surface area contributed by atoms with E-state index in [4.69, 9.17) is 11.6 Å². The molecule has 0 N–H and O–H groups in total. The summed E-state index contributed by atoms with van der Waals surface area (Å²) in [6.07, 6.45) is 0. The van der Waals surface area contributed by atoms with Crippen LogP contribution in [0.1, 0.15) is 20.8 Å². The highest BCUT2D eigenvalue weighted by atomic mass is 35.5. The van der Waals surface area contributed by atoms with Crippen molar-refractivity contribution in [3.8, 4) is 11.4 Å². The van der Waals surface area contributed by atoms with Crippen molar-refractivity contribution in [2.75, 3.05) is 0 Å². The molecule has 0 aliphatic heterocycles. The van der Waals surface area contributed by atoms with Gasteiger partial charge in [0.25, 0.3) is 0 Å². The van der Waals surface area contributed by atoms with Gasteiger partial charge in [-0.2, -0.15) is 4.80 Å². The van der Waals surface area contributed by atoms with Crippen LogP contribution in [0.3, 0.4) is 0 Å². The average Bonchev–Trinajstić information content (AvgIpc) is 2.66. The third-order valence-corrected chi connectivity index (χ3v) is 2.36. The minimum Gasteiger partial charge on any atom is -0.158 e. The molecule has 0 fully saturated rings. The molecule has 0 aliphatic rings. The zero-order valence-corrected chi connectivity index (χ0v) is 10.2. The van der Waals surface area contributed by atoms with E-state index in [9.17, 15) is 0 Å². The van der Waals surface area contributed by atoms with E-state index in [0.29, 0.717) is 16.4 Å². The highest BCUT2D eigenvalue weighted by Gasteiger charge is 2.18. The topological polar surface area (TPSA) is 43.6 Å². The van der Waals surface area contributed by atoms with Gasteiger partial charge in [-0.05, 0) is 38.1 Å². The van der Waals surface area contributed by atoms with Gasteiger partial charge in [0.2, 0.25) is 5.82 Å². The molecular formula is C11H12ClN4. The van der Waals surface area contributed by atoms with Crippen LogP contribution in [0.4, 0.5) is 0 Å². The van der Waals surface area contributed by atoms with E-state index in [-0.39, 0.29) is 5.54 Å². The molecule has 16 heavy (non-hydrogen) atoms. The van der Waals surface area contributed by atoms with Crippen LogP contribution in [0.15, 0.2) is 18.2 Å². The van der Waals surface area contributed by atoms with Gasteiger partial charge in [-0.25, -0.2) is 0 Å². The largest absolute Gasteiger partial charge is 0.207 e. The van der Waals surface area contributed by atoms with Crippen LogP contribution in [0, 0.1) is 6.07 Å². The van der Waals surface area contributed by atoms with Crippen LogP contribution in [-0.2, 0) is 5.54 Å². The fourth-order valence-electron chi connectivity index (χ4n) is 1.19. The molecule has 0 saturated heterocycles. The molecule has 1 aromatic carbocycles. The van der Waals surface area contributed by atoms with Crippen molar-refractivity contribution in [2.45, 2.75) is 26.3 Å². The van der Waals surface area contributed by atoms with Crippen molar-refractivity contribution >= 4 is 11.6 Å². The van der Waals surface area contributed by atoms with E-state index in [2.05, 4.69) is 21.5 Å². The molecule has 0 spiro atoms. The number of aromatic nitrogens is 4. The monoisotopic (exact) mass is 235 g/mol. The summed E-state index contributed by atoms with van der Waals surface area (Å²) < 4.78 is 0. The van der Waals surface area contributed by atoms with E-state index in [1.807, 2.05) is 26.8 Å². The summed E-state index contributed by atoms with van der Waals surface area (Å²) in [5.74, 6) is 0.500. The second-order valence-corrected chi connectivity index (χ2v) is 4.87. The second-order valence-electron chi connectivity index (χ2n) is 4.47. The molecule has 0 atom stereocenters. The molecule has 2 rings (SSSR count). The predicted octanol–water partition coefficient (Wildman–Crippen LogP) is 2.55. The van der Waals surface area contributed by atoms with E-state index in [1.165, 1.54) is 0 Å². The second kappa shape index (κ2) is 3.87. The number of hydrogen-bond acceptors (Lipinski definition) is 3. The molecule has 0 saturated carbocycles. The van der Waals surface area contributed by atoms with E-state index < -0.39 is 0 Å². The molecule has 5 heteroatoms. The van der Waals surface area contributed by atoms with Crippen molar-refractivity contribution in [1.82, 2.24) is 20.2 Å². The van der Waals surface area contributed by atoms with E-state index in [0.717, 1.165) is 0 Å². The summed E-state index contributed by atoms with van der Waals surface area (Å²) in [5, 5.41) is 12.9. The van der Waals surface area contributed by atoms with Crippen molar-refractivity contribution in [3.63, 3.8) is 0 Å². The highest BCUT2D eigenvalue weighted by Crippen LogP contribution is 2.23. The number of halogens is 1. The lowest BCUT2D eigenvalue weighted by Crippen LogP contribution is -2.24. The number of hydrogen-bond donors (Lipinski definition) is 0. The summed E-state index contributed by atoms with van der Waals surface area (Å²) in [7, 11) is 0. The minimum absolute atomic E-state index is 0.188. The Kier molecular flexibility index (Phi) is 2.68. The van der Waals surface area contributed by atoms with Crippen LogP contribution in [-0.4, -0.2) is 20.2 Å². The summed E-state index contributed by atoms with van der Waals surface area (Å²) in [6, 6.07) is 8.39. The Labute approximate surface area is 99.2 Å². The highest BCUT2D eigenvalue weighted by molar-refractivity contribution is 6.33. The zero-order valence-electron chi connectivity index (χ0n) is 9.40. The molecule has 0 bridgehead atoms. The quantitative estimate of drug-likeness (QED) is 0.763. The van der Waals surface area contributed by atoms with Crippen LogP contribution in [0.5, 0.6) is 0 Å². The maximum atomic E-state index is 6.03. The third-order valence-electron chi connectivity index (χ3n) is 2.04. The molecule has 1 aromatic heterocycles. The molecule has 83 valence electrons. The van der Waals surface area contributed by atoms with Gasteiger partial charge >= 0.3 is 0 Å². The first-order chi connectivity index (χ1) is 7.48. The zero-order chi connectivity index (χ0) is 11.8. The van der Waals surface area contributed by atoms with Gasteiger partial charge in [0.15, 0.2) is 0 Å². The summed E-state index contributed by atoms with van der Waals surface area (Å²) in [5.41, 5.74) is 0.492. The first-order valence-electron chi connectivity index (χ1n) is 4.95. The van der Waals surface area contributed by atoms with Crippen molar-refractivity contribution in [2.24, 2.45) is 0 Å². The normalized spacial score (nSPS) is 11.8. The summed E-state index contributed by atoms with van der Waals surface area (Å²) >= 11 is 6.03. The maximum absolute atomic E-state index is 6.03. The summed E-state index contributed by atoms with van der Waals surface area (Å²) in [6.45, 7) is 6.03. The SMILES string of the molecule is CC(C)(C)n1nnc(-c2[c]cccc2Cl)n1. The molecular weight excluding hydrogens is 224 g/mol. The van der Waals surface area contributed by atoms with Gasteiger partial charge in [-0.1, -0.05) is 23.7 Å². The maximum Gasteiger partial charge on any atom is 0.207 e. The molecule has 0 aliphatic carbocycles. The third kappa shape index (κ3) is 2.07. The van der Waals surface area contributed by atoms with Gasteiger partial charge in [0, 0.05) is 5.56 Å². The van der Waals surface area contributed by atoms with Crippen molar-refractivity contribution < 1.29 is 0 Å². The van der Waals surface area contributed by atoms with Crippen LogP contribution in [0.25, 0.3) is 11.4 Å². The Bertz CT molecular complexity index is 499. The smallest absolute Gasteiger partial charge is 0.158 e. The fourth-order valence-corrected chi connectivity index (χ4v) is 1.40. The Morgan fingerprint density at radius 1 is 1.38 bits per heavy atom. The number of tetrazole rings is 1. The first-order valence-corrected chi connectivity index (χ1v) is 5.33. The van der Waals surface area contributed by atoms with Crippen molar-refractivity contribution in [3.05, 3.63) is 29.3 Å². The molecule has 4 nitrogen and oxygen atoms in total. The van der Waals surface area contributed by atoms with Gasteiger partial charge in [-0.3, -0.25) is 0 Å². The Balaban J connectivity index is 2.44. The van der Waals surface area contributed by atoms with Gasteiger partial charge < -0.3 is 0 Å². The molecule has 1 radical (unpaired) electrons.